The summed E-state index contributed by atoms with van der Waals surface area (Å²) in [4.78, 5) is 27.8. The fourth-order valence-corrected chi connectivity index (χ4v) is 3.67. The van der Waals surface area contributed by atoms with Gasteiger partial charge >= 0.3 is 6.09 Å². The number of para-hydroxylation sites is 1. The number of hydrogen-bond acceptors (Lipinski definition) is 5. The van der Waals surface area contributed by atoms with Crippen molar-refractivity contribution in [2.45, 2.75) is 25.6 Å². The number of furan rings is 1. The molecule has 2 aromatic rings. The van der Waals surface area contributed by atoms with Crippen LogP contribution in [0.15, 0.2) is 40.8 Å². The van der Waals surface area contributed by atoms with Crippen molar-refractivity contribution in [3.63, 3.8) is 0 Å². The quantitative estimate of drug-likeness (QED) is 0.828. The molecule has 1 aromatic heterocycles. The molecule has 27 heavy (non-hydrogen) atoms. The van der Waals surface area contributed by atoms with Crippen molar-refractivity contribution < 1.29 is 23.5 Å². The van der Waals surface area contributed by atoms with Gasteiger partial charge in [-0.25, -0.2) is 4.79 Å². The Kier molecular flexibility index (Phi) is 4.30. The molecule has 1 aromatic carbocycles. The lowest BCUT2D eigenvalue weighted by molar-refractivity contribution is 0.0537. The Morgan fingerprint density at radius 1 is 1.26 bits per heavy atom. The first-order chi connectivity index (χ1) is 13.0. The van der Waals surface area contributed by atoms with Crippen molar-refractivity contribution in [3.05, 3.63) is 53.5 Å². The first kappa shape index (κ1) is 17.5. The van der Waals surface area contributed by atoms with E-state index >= 15 is 0 Å². The molecule has 2 aliphatic rings. The van der Waals surface area contributed by atoms with Gasteiger partial charge in [0, 0.05) is 25.6 Å². The minimum Gasteiger partial charge on any atom is -0.486 e. The zero-order valence-electron chi connectivity index (χ0n) is 15.4. The van der Waals surface area contributed by atoms with Gasteiger partial charge in [0.2, 0.25) is 0 Å². The van der Waals surface area contributed by atoms with Crippen molar-refractivity contribution >= 4 is 12.0 Å². The van der Waals surface area contributed by atoms with E-state index in [9.17, 15) is 9.59 Å². The third kappa shape index (κ3) is 3.37. The second kappa shape index (κ2) is 6.64. The molecule has 0 radical (unpaired) electrons. The van der Waals surface area contributed by atoms with Crippen molar-refractivity contribution in [1.29, 1.82) is 0 Å². The summed E-state index contributed by atoms with van der Waals surface area (Å²) in [6.45, 7) is 3.53. The van der Waals surface area contributed by atoms with E-state index in [1.54, 1.807) is 16.8 Å². The molecule has 0 aliphatic carbocycles. The molecule has 0 bridgehead atoms. The molecule has 7 nitrogen and oxygen atoms in total. The summed E-state index contributed by atoms with van der Waals surface area (Å²) in [6.07, 6.45) is 0.303. The normalized spacial score (nSPS) is 21.8. The van der Waals surface area contributed by atoms with E-state index in [0.717, 1.165) is 11.3 Å². The zero-order valence-corrected chi connectivity index (χ0v) is 15.4. The maximum absolute atomic E-state index is 12.9. The van der Waals surface area contributed by atoms with Crippen LogP contribution in [0, 0.1) is 6.92 Å². The summed E-state index contributed by atoms with van der Waals surface area (Å²) in [7, 11) is 1.71. The van der Waals surface area contributed by atoms with E-state index in [4.69, 9.17) is 13.9 Å². The second-order valence-electron chi connectivity index (χ2n) is 7.21. The van der Waals surface area contributed by atoms with Crippen molar-refractivity contribution in [1.82, 2.24) is 9.80 Å². The van der Waals surface area contributed by atoms with Crippen LogP contribution in [0.5, 0.6) is 5.75 Å². The largest absolute Gasteiger partial charge is 0.486 e. The first-order valence-electron chi connectivity index (χ1n) is 8.96. The van der Waals surface area contributed by atoms with E-state index in [0.29, 0.717) is 37.6 Å². The van der Waals surface area contributed by atoms with E-state index in [1.165, 1.54) is 0 Å². The summed E-state index contributed by atoms with van der Waals surface area (Å²) in [5, 5.41) is 0. The Morgan fingerprint density at radius 3 is 2.74 bits per heavy atom. The average molecular weight is 370 g/mol. The maximum Gasteiger partial charge on any atom is 0.410 e. The molecule has 142 valence electrons. The number of aryl methyl sites for hydroxylation is 1. The highest BCUT2D eigenvalue weighted by Gasteiger charge is 2.50. The molecular formula is C20H22N2O5. The zero-order chi connectivity index (χ0) is 19.0. The summed E-state index contributed by atoms with van der Waals surface area (Å²) in [5.74, 6) is 1.48. The van der Waals surface area contributed by atoms with Crippen molar-refractivity contribution in [3.8, 4) is 5.75 Å². The molecule has 1 spiro atoms. The molecule has 0 saturated carbocycles. The summed E-state index contributed by atoms with van der Waals surface area (Å²) in [5.41, 5.74) is 0.175. The average Bonchev–Trinajstić information content (AvgIpc) is 3.31. The second-order valence-corrected chi connectivity index (χ2v) is 7.21. The molecule has 0 N–H and O–H groups in total. The smallest absolute Gasteiger partial charge is 0.410 e. The molecule has 2 saturated heterocycles. The Morgan fingerprint density at radius 2 is 2.04 bits per heavy atom. The summed E-state index contributed by atoms with van der Waals surface area (Å²) >= 11 is 0. The minimum absolute atomic E-state index is 0.180. The topological polar surface area (TPSA) is 72.2 Å². The number of hydrogen-bond donors (Lipinski definition) is 0. The van der Waals surface area contributed by atoms with Gasteiger partial charge in [-0.05, 0) is 25.1 Å². The van der Waals surface area contributed by atoms with E-state index in [2.05, 4.69) is 0 Å². The van der Waals surface area contributed by atoms with Crippen LogP contribution in [0.3, 0.4) is 0 Å². The highest BCUT2D eigenvalue weighted by molar-refractivity contribution is 5.93. The number of nitrogens with zero attached hydrogens (tertiary/aromatic N) is 2. The van der Waals surface area contributed by atoms with Crippen LogP contribution in [0.4, 0.5) is 4.79 Å². The molecule has 1 atom stereocenters. The minimum atomic E-state index is -0.596. The SMILES string of the molecule is Cc1cc(COc2ccccc2)oc1C(=O)N1CC[C@@]2(CN(C)C(=O)O2)C1. The van der Waals surface area contributed by atoms with E-state index < -0.39 is 5.60 Å². The maximum atomic E-state index is 12.9. The van der Waals surface area contributed by atoms with Crippen molar-refractivity contribution in [2.24, 2.45) is 0 Å². The lowest BCUT2D eigenvalue weighted by Gasteiger charge is -2.21. The number of likely N-dealkylation sites (tertiary alicyclic amines) is 1. The fraction of sp³-hybridized carbons (Fsp3) is 0.400. The van der Waals surface area contributed by atoms with Gasteiger partial charge in [-0.15, -0.1) is 0 Å². The molecule has 3 heterocycles. The van der Waals surface area contributed by atoms with Crippen LogP contribution in [-0.2, 0) is 11.3 Å². The van der Waals surface area contributed by atoms with Gasteiger partial charge in [0.15, 0.2) is 11.4 Å². The van der Waals surface area contributed by atoms with Gasteiger partial charge in [-0.2, -0.15) is 0 Å². The van der Waals surface area contributed by atoms with Crippen LogP contribution in [-0.4, -0.2) is 54.1 Å². The molecule has 2 fully saturated rings. The summed E-state index contributed by atoms with van der Waals surface area (Å²) < 4.78 is 17.0. The van der Waals surface area contributed by atoms with E-state index in [1.807, 2.05) is 43.3 Å². The Bertz CT molecular complexity index is 863. The molecule has 2 amide bonds. The van der Waals surface area contributed by atoms with E-state index in [-0.39, 0.29) is 18.6 Å². The van der Waals surface area contributed by atoms with Gasteiger partial charge in [0.25, 0.3) is 5.91 Å². The third-order valence-electron chi connectivity index (χ3n) is 5.03. The van der Waals surface area contributed by atoms with Gasteiger partial charge in [-0.1, -0.05) is 18.2 Å². The highest BCUT2D eigenvalue weighted by atomic mass is 16.6. The van der Waals surface area contributed by atoms with Gasteiger partial charge < -0.3 is 23.7 Å². The number of benzene rings is 1. The lowest BCUT2D eigenvalue weighted by Crippen LogP contribution is -2.39. The Hall–Kier alpha value is -2.96. The number of rotatable bonds is 4. The standard InChI is InChI=1S/C20H22N2O5/c1-14-10-16(11-25-15-6-4-3-5-7-15)26-17(14)18(23)22-9-8-20(13-22)12-21(2)19(24)27-20/h3-7,10H,8-9,11-13H2,1-2H3/t20-/m1/s1. The molecule has 0 unspecified atom stereocenters. The summed E-state index contributed by atoms with van der Waals surface area (Å²) in [6, 6.07) is 11.3. The molecule has 7 heteroatoms. The predicted molar refractivity (Wildman–Crippen MR) is 96.6 cm³/mol. The number of carbonyl (C=O) groups is 2. The monoisotopic (exact) mass is 370 g/mol. The van der Waals surface area contributed by atoms with Crippen molar-refractivity contribution in [2.75, 3.05) is 26.7 Å². The van der Waals surface area contributed by atoms with Gasteiger partial charge in [-0.3, -0.25) is 4.79 Å². The Labute approximate surface area is 157 Å². The predicted octanol–water partition coefficient (Wildman–Crippen LogP) is 2.83. The highest BCUT2D eigenvalue weighted by Crippen LogP contribution is 2.33. The van der Waals surface area contributed by atoms with Gasteiger partial charge in [0.1, 0.15) is 18.1 Å². The molecule has 4 rings (SSSR count). The number of likely N-dealkylation sites (N-methyl/N-ethyl adjacent to an activating group) is 1. The van der Waals surface area contributed by atoms with Crippen LogP contribution < -0.4 is 4.74 Å². The van der Waals surface area contributed by atoms with Crippen LogP contribution in [0.1, 0.15) is 28.3 Å². The third-order valence-corrected chi connectivity index (χ3v) is 5.03. The fourth-order valence-electron chi connectivity index (χ4n) is 3.67. The van der Waals surface area contributed by atoms with Gasteiger partial charge in [0.05, 0.1) is 13.1 Å². The Balaban J connectivity index is 1.42. The number of amides is 2. The van der Waals surface area contributed by atoms with Crippen LogP contribution >= 0.6 is 0 Å². The van der Waals surface area contributed by atoms with Crippen LogP contribution in [0.25, 0.3) is 0 Å². The first-order valence-corrected chi connectivity index (χ1v) is 8.96. The lowest BCUT2D eigenvalue weighted by atomic mass is 10.0. The van der Waals surface area contributed by atoms with Crippen LogP contribution in [0.2, 0.25) is 0 Å². The number of ether oxygens (including phenoxy) is 2. The molecule has 2 aliphatic heterocycles. The number of carbonyl (C=O) groups excluding carboxylic acids is 2. The molecular weight excluding hydrogens is 348 g/mol.